The van der Waals surface area contributed by atoms with Crippen molar-refractivity contribution in [2.45, 2.75) is 38.0 Å². The summed E-state index contributed by atoms with van der Waals surface area (Å²) in [5.74, 6) is 1.04. The minimum absolute atomic E-state index is 0.281. The van der Waals surface area contributed by atoms with E-state index in [1.54, 1.807) is 7.11 Å². The quantitative estimate of drug-likeness (QED) is 0.742. The molecular weight excluding hydrogens is 271 g/mol. The van der Waals surface area contributed by atoms with Gasteiger partial charge in [-0.05, 0) is 30.4 Å². The topological polar surface area (TPSA) is 26.3 Å². The second-order valence-corrected chi connectivity index (χ2v) is 5.42. The molecule has 2 nitrogen and oxygen atoms in total. The van der Waals surface area contributed by atoms with Crippen molar-refractivity contribution in [1.82, 2.24) is 0 Å². The molecule has 0 amide bonds. The molecule has 18 heavy (non-hydrogen) atoms. The highest BCUT2D eigenvalue weighted by Crippen LogP contribution is 2.44. The third-order valence-electron chi connectivity index (χ3n) is 3.59. The van der Waals surface area contributed by atoms with Gasteiger partial charge in [-0.3, -0.25) is 4.79 Å². The summed E-state index contributed by atoms with van der Waals surface area (Å²) in [5.41, 5.74) is 1.47. The SMILES string of the molecule is COc1c(C2CCCCC2)cc(C=O)c(Cl)c1Cl. The minimum atomic E-state index is 0.281. The van der Waals surface area contributed by atoms with Gasteiger partial charge in [-0.15, -0.1) is 0 Å². The fourth-order valence-corrected chi connectivity index (χ4v) is 3.14. The van der Waals surface area contributed by atoms with E-state index in [1.807, 2.05) is 6.07 Å². The zero-order chi connectivity index (χ0) is 13.1. The largest absolute Gasteiger partial charge is 0.495 e. The second kappa shape index (κ2) is 5.94. The lowest BCUT2D eigenvalue weighted by Crippen LogP contribution is -2.07. The van der Waals surface area contributed by atoms with Crippen LogP contribution in [0.2, 0.25) is 10.0 Å². The molecule has 0 aromatic heterocycles. The van der Waals surface area contributed by atoms with Crippen molar-refractivity contribution >= 4 is 29.5 Å². The Labute approximate surface area is 117 Å². The molecule has 0 unspecified atom stereocenters. The fourth-order valence-electron chi connectivity index (χ4n) is 2.66. The molecule has 0 saturated heterocycles. The van der Waals surface area contributed by atoms with Gasteiger partial charge in [0.25, 0.3) is 0 Å². The lowest BCUT2D eigenvalue weighted by atomic mass is 9.83. The molecule has 0 spiro atoms. The van der Waals surface area contributed by atoms with E-state index in [4.69, 9.17) is 27.9 Å². The van der Waals surface area contributed by atoms with Crippen molar-refractivity contribution in [1.29, 1.82) is 0 Å². The number of carbonyl (C=O) groups excluding carboxylic acids is 1. The maximum atomic E-state index is 11.0. The van der Waals surface area contributed by atoms with Crippen molar-refractivity contribution in [3.8, 4) is 5.75 Å². The van der Waals surface area contributed by atoms with Crippen LogP contribution in [-0.2, 0) is 0 Å². The van der Waals surface area contributed by atoms with Gasteiger partial charge in [0, 0.05) is 5.56 Å². The Hall–Kier alpha value is -0.730. The minimum Gasteiger partial charge on any atom is -0.495 e. The van der Waals surface area contributed by atoms with Gasteiger partial charge in [-0.2, -0.15) is 0 Å². The molecule has 4 heteroatoms. The number of ether oxygens (including phenoxy) is 1. The molecule has 2 rings (SSSR count). The normalized spacial score (nSPS) is 16.6. The third kappa shape index (κ3) is 2.50. The number of aldehydes is 1. The summed E-state index contributed by atoms with van der Waals surface area (Å²) in [6.07, 6.45) is 6.69. The number of rotatable bonds is 3. The number of halogens is 2. The van der Waals surface area contributed by atoms with E-state index >= 15 is 0 Å². The Morgan fingerprint density at radius 3 is 2.44 bits per heavy atom. The lowest BCUT2D eigenvalue weighted by molar-refractivity contribution is 0.112. The van der Waals surface area contributed by atoms with Crippen LogP contribution in [-0.4, -0.2) is 13.4 Å². The van der Waals surface area contributed by atoms with E-state index in [0.717, 1.165) is 24.7 Å². The van der Waals surface area contributed by atoms with Gasteiger partial charge in [0.15, 0.2) is 6.29 Å². The molecule has 0 heterocycles. The molecule has 0 N–H and O–H groups in total. The number of benzene rings is 1. The Morgan fingerprint density at radius 1 is 1.22 bits per heavy atom. The van der Waals surface area contributed by atoms with Gasteiger partial charge < -0.3 is 4.74 Å². The highest BCUT2D eigenvalue weighted by atomic mass is 35.5. The molecule has 98 valence electrons. The molecule has 0 atom stereocenters. The summed E-state index contributed by atoms with van der Waals surface area (Å²) in [6.45, 7) is 0. The number of methoxy groups -OCH3 is 1. The second-order valence-electron chi connectivity index (χ2n) is 4.67. The molecule has 0 aliphatic heterocycles. The van der Waals surface area contributed by atoms with Crippen LogP contribution in [0.3, 0.4) is 0 Å². The van der Waals surface area contributed by atoms with Crippen molar-refractivity contribution < 1.29 is 9.53 Å². The predicted octanol–water partition coefficient (Wildman–Crippen LogP) is 4.86. The maximum Gasteiger partial charge on any atom is 0.151 e. The van der Waals surface area contributed by atoms with Crippen LogP contribution in [0, 0.1) is 0 Å². The van der Waals surface area contributed by atoms with E-state index < -0.39 is 0 Å². The number of hydrogen-bond acceptors (Lipinski definition) is 2. The molecule has 1 aromatic carbocycles. The maximum absolute atomic E-state index is 11.0. The molecule has 0 radical (unpaired) electrons. The van der Waals surface area contributed by atoms with E-state index in [9.17, 15) is 4.79 Å². The molecule has 1 aliphatic rings. The zero-order valence-electron chi connectivity index (χ0n) is 10.3. The van der Waals surface area contributed by atoms with E-state index in [1.165, 1.54) is 19.3 Å². The summed E-state index contributed by atoms with van der Waals surface area (Å²) < 4.78 is 5.38. The smallest absolute Gasteiger partial charge is 0.151 e. The first-order valence-electron chi connectivity index (χ1n) is 6.20. The summed E-state index contributed by atoms with van der Waals surface area (Å²) >= 11 is 12.2. The van der Waals surface area contributed by atoms with Crippen LogP contribution in [0.15, 0.2) is 6.07 Å². The van der Waals surface area contributed by atoms with Crippen molar-refractivity contribution in [3.63, 3.8) is 0 Å². The monoisotopic (exact) mass is 286 g/mol. The van der Waals surface area contributed by atoms with Crippen molar-refractivity contribution in [3.05, 3.63) is 27.2 Å². The molecule has 1 aliphatic carbocycles. The zero-order valence-corrected chi connectivity index (χ0v) is 11.9. The van der Waals surface area contributed by atoms with Crippen molar-refractivity contribution in [2.75, 3.05) is 7.11 Å². The Balaban J connectivity index is 2.49. The van der Waals surface area contributed by atoms with Crippen LogP contribution in [0.4, 0.5) is 0 Å². The van der Waals surface area contributed by atoms with E-state index in [-0.39, 0.29) is 5.02 Å². The van der Waals surface area contributed by atoms with Crippen LogP contribution in [0.1, 0.15) is 53.9 Å². The average molecular weight is 287 g/mol. The van der Waals surface area contributed by atoms with Gasteiger partial charge in [0.2, 0.25) is 0 Å². The summed E-state index contributed by atoms with van der Waals surface area (Å²) in [7, 11) is 1.59. The van der Waals surface area contributed by atoms with Gasteiger partial charge in [0.1, 0.15) is 10.8 Å². The Morgan fingerprint density at radius 2 is 1.89 bits per heavy atom. The van der Waals surface area contributed by atoms with Crippen molar-refractivity contribution in [2.24, 2.45) is 0 Å². The first kappa shape index (κ1) is 13.7. The standard InChI is InChI=1S/C14H16Cl2O2/c1-18-14-11(9-5-3-2-4-6-9)7-10(8-17)12(15)13(14)16/h7-9H,2-6H2,1H3. The van der Waals surface area contributed by atoms with Crippen LogP contribution in [0.5, 0.6) is 5.75 Å². The molecule has 0 bridgehead atoms. The first-order chi connectivity index (χ1) is 8.69. The van der Waals surface area contributed by atoms with Crippen LogP contribution >= 0.6 is 23.2 Å². The van der Waals surface area contributed by atoms with Gasteiger partial charge in [-0.1, -0.05) is 42.5 Å². The highest BCUT2D eigenvalue weighted by molar-refractivity contribution is 6.44. The lowest BCUT2D eigenvalue weighted by Gasteiger charge is -2.25. The molecule has 1 fully saturated rings. The van der Waals surface area contributed by atoms with Crippen LogP contribution in [0.25, 0.3) is 0 Å². The highest BCUT2D eigenvalue weighted by Gasteiger charge is 2.23. The predicted molar refractivity (Wildman–Crippen MR) is 74.2 cm³/mol. The molecular formula is C14H16Cl2O2. The van der Waals surface area contributed by atoms with Gasteiger partial charge in [-0.25, -0.2) is 0 Å². The Bertz CT molecular complexity index is 452. The number of hydrogen-bond donors (Lipinski definition) is 0. The number of carbonyl (C=O) groups is 1. The molecule has 1 aromatic rings. The fraction of sp³-hybridized carbons (Fsp3) is 0.500. The van der Waals surface area contributed by atoms with E-state index in [0.29, 0.717) is 22.3 Å². The molecule has 1 saturated carbocycles. The summed E-state index contributed by atoms with van der Waals surface area (Å²) in [4.78, 5) is 11.0. The van der Waals surface area contributed by atoms with E-state index in [2.05, 4.69) is 0 Å². The summed E-state index contributed by atoms with van der Waals surface area (Å²) in [6, 6.07) is 1.83. The first-order valence-corrected chi connectivity index (χ1v) is 6.95. The van der Waals surface area contributed by atoms with Crippen LogP contribution < -0.4 is 4.74 Å². The Kier molecular flexibility index (Phi) is 4.52. The van der Waals surface area contributed by atoms with Gasteiger partial charge in [0.05, 0.1) is 12.1 Å². The third-order valence-corrected chi connectivity index (χ3v) is 4.46. The average Bonchev–Trinajstić information content (AvgIpc) is 2.42. The summed E-state index contributed by atoms with van der Waals surface area (Å²) in [5, 5.41) is 0.632. The van der Waals surface area contributed by atoms with Gasteiger partial charge >= 0.3 is 0 Å².